The minimum Gasteiger partial charge on any atom is -0.450 e. The van der Waals surface area contributed by atoms with Crippen LogP contribution >= 0.6 is 50.8 Å². The molecule has 0 unspecified atom stereocenters. The number of thiophene rings is 1. The van der Waals surface area contributed by atoms with Crippen molar-refractivity contribution in [3.63, 3.8) is 0 Å². The SMILES string of the molecule is CCOC(=O)Nc1nn(CN2CCN(Cc3ccc(Br)s3)CC2)c(=S)s1. The van der Waals surface area contributed by atoms with Gasteiger partial charge in [-0.15, -0.1) is 16.4 Å². The molecule has 1 aliphatic rings. The summed E-state index contributed by atoms with van der Waals surface area (Å²) in [6, 6.07) is 4.27. The second kappa shape index (κ2) is 9.38. The summed E-state index contributed by atoms with van der Waals surface area (Å²) in [5, 5.41) is 7.45. The van der Waals surface area contributed by atoms with Gasteiger partial charge in [-0.25, -0.2) is 9.48 Å². The molecule has 11 heteroatoms. The average molecular weight is 478 g/mol. The second-order valence-corrected chi connectivity index (χ2v) is 9.93. The van der Waals surface area contributed by atoms with Gasteiger partial charge in [0.25, 0.3) is 0 Å². The largest absolute Gasteiger partial charge is 0.450 e. The van der Waals surface area contributed by atoms with Gasteiger partial charge in [-0.3, -0.25) is 15.1 Å². The Kier molecular flexibility index (Phi) is 7.18. The maximum atomic E-state index is 11.5. The number of aromatic nitrogens is 2. The van der Waals surface area contributed by atoms with Crippen LogP contribution in [0.4, 0.5) is 9.93 Å². The van der Waals surface area contributed by atoms with Crippen molar-refractivity contribution in [3.05, 3.63) is 24.8 Å². The predicted octanol–water partition coefficient (Wildman–Crippen LogP) is 3.84. The van der Waals surface area contributed by atoms with Crippen molar-refractivity contribution in [1.29, 1.82) is 0 Å². The zero-order chi connectivity index (χ0) is 18.5. The number of rotatable bonds is 6. The number of carbonyl (C=O) groups excluding carboxylic acids is 1. The van der Waals surface area contributed by atoms with Gasteiger partial charge < -0.3 is 4.74 Å². The summed E-state index contributed by atoms with van der Waals surface area (Å²) in [5.41, 5.74) is 0. The standard InChI is InChI=1S/C15H20BrN5O2S3/c1-2-23-14(22)17-13-18-21(15(24)26-13)10-20-7-5-19(6-8-20)9-11-3-4-12(16)25-11/h3-4H,2,5-10H2,1H3,(H,17,18,22). The van der Waals surface area contributed by atoms with Crippen LogP contribution in [0, 0.1) is 3.95 Å². The van der Waals surface area contributed by atoms with Crippen molar-refractivity contribution in [3.8, 4) is 0 Å². The number of amides is 1. The Hall–Kier alpha value is -0.850. The Bertz CT molecular complexity index is 797. The Morgan fingerprint density at radius 3 is 2.69 bits per heavy atom. The third-order valence-electron chi connectivity index (χ3n) is 3.90. The highest BCUT2D eigenvalue weighted by atomic mass is 79.9. The molecule has 7 nitrogen and oxygen atoms in total. The number of piperazine rings is 1. The van der Waals surface area contributed by atoms with Crippen molar-refractivity contribution in [2.24, 2.45) is 0 Å². The molecule has 0 aliphatic carbocycles. The summed E-state index contributed by atoms with van der Waals surface area (Å²) in [6.45, 7) is 7.68. The lowest BCUT2D eigenvalue weighted by atomic mass is 10.3. The molecular weight excluding hydrogens is 458 g/mol. The van der Waals surface area contributed by atoms with Gasteiger partial charge >= 0.3 is 6.09 Å². The first-order chi connectivity index (χ1) is 12.5. The molecule has 1 N–H and O–H groups in total. The highest BCUT2D eigenvalue weighted by Crippen LogP contribution is 2.23. The van der Waals surface area contributed by atoms with Crippen LogP contribution in [0.5, 0.6) is 0 Å². The molecule has 0 radical (unpaired) electrons. The molecule has 142 valence electrons. The molecule has 0 bridgehead atoms. The molecule has 0 spiro atoms. The first-order valence-corrected chi connectivity index (χ1v) is 11.1. The lowest BCUT2D eigenvalue weighted by Gasteiger charge is -2.34. The molecule has 0 atom stereocenters. The molecule has 3 heterocycles. The topological polar surface area (TPSA) is 62.6 Å². The lowest BCUT2D eigenvalue weighted by molar-refractivity contribution is 0.0992. The number of anilines is 1. The fourth-order valence-electron chi connectivity index (χ4n) is 2.64. The number of nitrogens with one attached hydrogen (secondary N) is 1. The Balaban J connectivity index is 1.49. The van der Waals surface area contributed by atoms with Gasteiger partial charge in [0.15, 0.2) is 3.95 Å². The Labute approximate surface area is 173 Å². The van der Waals surface area contributed by atoms with Crippen molar-refractivity contribution < 1.29 is 9.53 Å². The summed E-state index contributed by atoms with van der Waals surface area (Å²) in [5.74, 6) is 0. The van der Waals surface area contributed by atoms with E-state index in [9.17, 15) is 4.79 Å². The third kappa shape index (κ3) is 5.57. The highest BCUT2D eigenvalue weighted by Gasteiger charge is 2.19. The van der Waals surface area contributed by atoms with Crippen LogP contribution in [0.15, 0.2) is 15.9 Å². The summed E-state index contributed by atoms with van der Waals surface area (Å²) in [7, 11) is 0. The number of carbonyl (C=O) groups is 1. The van der Waals surface area contributed by atoms with Crippen LogP contribution in [-0.2, 0) is 18.0 Å². The van der Waals surface area contributed by atoms with Crippen molar-refractivity contribution in [2.75, 3.05) is 38.1 Å². The smallest absolute Gasteiger partial charge is 0.413 e. The molecule has 1 saturated heterocycles. The molecule has 3 rings (SSSR count). The maximum absolute atomic E-state index is 11.5. The number of ether oxygens (including phenoxy) is 1. The van der Waals surface area contributed by atoms with Crippen LogP contribution in [-0.4, -0.2) is 58.5 Å². The fourth-order valence-corrected chi connectivity index (χ4v) is 5.14. The summed E-state index contributed by atoms with van der Waals surface area (Å²) in [6.07, 6.45) is -0.503. The molecule has 1 amide bonds. The first-order valence-electron chi connectivity index (χ1n) is 8.24. The van der Waals surface area contributed by atoms with E-state index in [1.165, 1.54) is 20.0 Å². The van der Waals surface area contributed by atoms with E-state index in [2.05, 4.69) is 48.3 Å². The van der Waals surface area contributed by atoms with Crippen LogP contribution in [0.2, 0.25) is 0 Å². The molecule has 0 saturated carbocycles. The van der Waals surface area contributed by atoms with Gasteiger partial charge in [-0.1, -0.05) is 11.3 Å². The van der Waals surface area contributed by atoms with Crippen molar-refractivity contribution in [1.82, 2.24) is 19.6 Å². The van der Waals surface area contributed by atoms with Gasteiger partial charge in [0.2, 0.25) is 5.13 Å². The van der Waals surface area contributed by atoms with Gasteiger partial charge in [0.1, 0.15) is 0 Å². The molecule has 1 fully saturated rings. The molecule has 0 aromatic carbocycles. The molecular formula is C15H20BrN5O2S3. The van der Waals surface area contributed by atoms with Crippen molar-refractivity contribution >= 4 is 62.0 Å². The van der Waals surface area contributed by atoms with Gasteiger partial charge in [0, 0.05) is 37.6 Å². The molecule has 2 aromatic heterocycles. The van der Waals surface area contributed by atoms with E-state index in [-0.39, 0.29) is 0 Å². The van der Waals surface area contributed by atoms with Gasteiger partial charge in [-0.05, 0) is 47.2 Å². The number of nitrogens with zero attached hydrogens (tertiary/aromatic N) is 4. The van der Waals surface area contributed by atoms with E-state index in [1.807, 2.05) is 0 Å². The Morgan fingerprint density at radius 1 is 1.31 bits per heavy atom. The monoisotopic (exact) mass is 477 g/mol. The Morgan fingerprint density at radius 2 is 2.04 bits per heavy atom. The van der Waals surface area contributed by atoms with Crippen LogP contribution in [0.25, 0.3) is 0 Å². The first kappa shape index (κ1) is 19.9. The zero-order valence-electron chi connectivity index (χ0n) is 14.3. The summed E-state index contributed by atoms with van der Waals surface area (Å²) in [4.78, 5) is 17.6. The minimum absolute atomic E-state index is 0.324. The van der Waals surface area contributed by atoms with Crippen LogP contribution < -0.4 is 5.32 Å². The number of halogens is 1. The normalized spacial score (nSPS) is 15.9. The maximum Gasteiger partial charge on any atom is 0.413 e. The van der Waals surface area contributed by atoms with E-state index < -0.39 is 6.09 Å². The van der Waals surface area contributed by atoms with E-state index in [0.29, 0.717) is 22.4 Å². The highest BCUT2D eigenvalue weighted by molar-refractivity contribution is 9.11. The number of hydrogen-bond donors (Lipinski definition) is 1. The van der Waals surface area contributed by atoms with E-state index >= 15 is 0 Å². The predicted molar refractivity (Wildman–Crippen MR) is 110 cm³/mol. The van der Waals surface area contributed by atoms with Crippen LogP contribution in [0.1, 0.15) is 11.8 Å². The van der Waals surface area contributed by atoms with Crippen molar-refractivity contribution in [2.45, 2.75) is 20.1 Å². The van der Waals surface area contributed by atoms with E-state index in [1.54, 1.807) is 22.9 Å². The fraction of sp³-hybridized carbons (Fsp3) is 0.533. The van der Waals surface area contributed by atoms with Gasteiger partial charge in [-0.2, -0.15) is 0 Å². The summed E-state index contributed by atoms with van der Waals surface area (Å²) >= 11 is 11.9. The zero-order valence-corrected chi connectivity index (χ0v) is 18.3. The third-order valence-corrected chi connectivity index (χ3v) is 6.73. The van der Waals surface area contributed by atoms with Gasteiger partial charge in [0.05, 0.1) is 17.1 Å². The van der Waals surface area contributed by atoms with E-state index in [4.69, 9.17) is 17.0 Å². The molecule has 2 aromatic rings. The number of hydrogen-bond acceptors (Lipinski definition) is 8. The minimum atomic E-state index is -0.503. The quantitative estimate of drug-likeness (QED) is 0.637. The summed E-state index contributed by atoms with van der Waals surface area (Å²) < 4.78 is 8.44. The van der Waals surface area contributed by atoms with Crippen LogP contribution in [0.3, 0.4) is 0 Å². The average Bonchev–Trinajstić information content (AvgIpc) is 3.15. The molecule has 1 aliphatic heterocycles. The van der Waals surface area contributed by atoms with E-state index in [0.717, 1.165) is 32.7 Å². The lowest BCUT2D eigenvalue weighted by Crippen LogP contribution is -2.46. The second-order valence-electron chi connectivity index (χ2n) is 5.76. The molecule has 26 heavy (non-hydrogen) atoms.